The molecule has 3 aromatic carbocycles. The maximum atomic E-state index is 12.9. The zero-order chi connectivity index (χ0) is 23.6. The van der Waals surface area contributed by atoms with Crippen LogP contribution in [0.4, 0.5) is 10.1 Å². The molecule has 0 saturated carbocycles. The molecule has 3 aromatic rings. The first-order chi connectivity index (χ1) is 15.9. The highest BCUT2D eigenvalue weighted by molar-refractivity contribution is 5.94. The number of carbonyl (C=O) groups is 2. The van der Waals surface area contributed by atoms with Crippen LogP contribution in [0.2, 0.25) is 0 Å². The Kier molecular flexibility index (Phi) is 8.30. The molecule has 0 atom stereocenters. The summed E-state index contributed by atoms with van der Waals surface area (Å²) in [5.41, 5.74) is 6.84. The highest BCUT2D eigenvalue weighted by Gasteiger charge is 2.08. The van der Waals surface area contributed by atoms with Crippen molar-refractivity contribution in [3.63, 3.8) is 0 Å². The Hall–Kier alpha value is -4.00. The Labute approximate surface area is 192 Å². The van der Waals surface area contributed by atoms with Crippen molar-refractivity contribution < 1.29 is 18.7 Å². The van der Waals surface area contributed by atoms with Gasteiger partial charge in [-0.2, -0.15) is 5.10 Å². The number of hydrazone groups is 1. The number of amides is 2. The van der Waals surface area contributed by atoms with E-state index in [1.807, 2.05) is 32.0 Å². The first-order valence-electron chi connectivity index (χ1n) is 10.6. The van der Waals surface area contributed by atoms with Crippen molar-refractivity contribution in [1.29, 1.82) is 0 Å². The molecule has 2 N–H and O–H groups in total. The van der Waals surface area contributed by atoms with E-state index < -0.39 is 0 Å². The standard InChI is InChI=1S/C26H26FN3O3/c1-18-3-4-19(2)24(15-18)29-25(31)13-14-26(32)30-28-16-20-7-11-23(12-8-20)33-17-21-5-9-22(27)10-6-21/h3-12,15-16H,13-14,17H2,1-2H3,(H,29,31)(H,30,32). The number of ether oxygens (including phenoxy) is 1. The molecule has 0 aliphatic heterocycles. The van der Waals surface area contributed by atoms with Crippen molar-refractivity contribution in [2.45, 2.75) is 33.3 Å². The Morgan fingerprint density at radius 3 is 2.36 bits per heavy atom. The minimum absolute atomic E-state index is 0.0319. The molecule has 0 fully saturated rings. The number of anilines is 1. The van der Waals surface area contributed by atoms with Crippen molar-refractivity contribution in [1.82, 2.24) is 5.43 Å². The van der Waals surface area contributed by atoms with E-state index in [0.717, 1.165) is 27.9 Å². The van der Waals surface area contributed by atoms with Gasteiger partial charge >= 0.3 is 0 Å². The Morgan fingerprint density at radius 2 is 1.64 bits per heavy atom. The van der Waals surface area contributed by atoms with Crippen LogP contribution >= 0.6 is 0 Å². The monoisotopic (exact) mass is 447 g/mol. The molecule has 0 bridgehead atoms. The van der Waals surface area contributed by atoms with E-state index in [2.05, 4.69) is 15.8 Å². The second-order valence-electron chi connectivity index (χ2n) is 7.64. The van der Waals surface area contributed by atoms with Crippen molar-refractivity contribution >= 4 is 23.7 Å². The maximum absolute atomic E-state index is 12.9. The molecule has 0 spiro atoms. The van der Waals surface area contributed by atoms with Crippen LogP contribution in [-0.2, 0) is 16.2 Å². The average Bonchev–Trinajstić information content (AvgIpc) is 2.80. The van der Waals surface area contributed by atoms with E-state index in [9.17, 15) is 14.0 Å². The van der Waals surface area contributed by atoms with Gasteiger partial charge in [-0.25, -0.2) is 9.82 Å². The van der Waals surface area contributed by atoms with Gasteiger partial charge in [0.05, 0.1) is 6.21 Å². The smallest absolute Gasteiger partial charge is 0.240 e. The van der Waals surface area contributed by atoms with Crippen LogP contribution < -0.4 is 15.5 Å². The first kappa shape index (κ1) is 23.7. The molecule has 0 radical (unpaired) electrons. The fraction of sp³-hybridized carbons (Fsp3) is 0.192. The quantitative estimate of drug-likeness (QED) is 0.362. The number of hydrogen-bond donors (Lipinski definition) is 2. The summed E-state index contributed by atoms with van der Waals surface area (Å²) in [6.07, 6.45) is 1.61. The predicted molar refractivity (Wildman–Crippen MR) is 127 cm³/mol. The lowest BCUT2D eigenvalue weighted by Gasteiger charge is -2.09. The van der Waals surface area contributed by atoms with Gasteiger partial charge in [-0.3, -0.25) is 9.59 Å². The van der Waals surface area contributed by atoms with Gasteiger partial charge < -0.3 is 10.1 Å². The van der Waals surface area contributed by atoms with E-state index in [1.54, 1.807) is 36.4 Å². The SMILES string of the molecule is Cc1ccc(C)c(NC(=O)CCC(=O)NN=Cc2ccc(OCc3ccc(F)cc3)cc2)c1. The van der Waals surface area contributed by atoms with Crippen molar-refractivity contribution in [3.05, 3.63) is 94.8 Å². The molecule has 6 nitrogen and oxygen atoms in total. The lowest BCUT2D eigenvalue weighted by Crippen LogP contribution is -2.20. The fourth-order valence-electron chi connectivity index (χ4n) is 2.94. The van der Waals surface area contributed by atoms with Gasteiger partial charge in [0.15, 0.2) is 0 Å². The summed E-state index contributed by atoms with van der Waals surface area (Å²) in [5, 5.41) is 6.76. The minimum Gasteiger partial charge on any atom is -0.489 e. The highest BCUT2D eigenvalue weighted by atomic mass is 19.1. The van der Waals surface area contributed by atoms with Gasteiger partial charge in [0.1, 0.15) is 18.2 Å². The van der Waals surface area contributed by atoms with E-state index in [0.29, 0.717) is 12.4 Å². The third-order valence-electron chi connectivity index (χ3n) is 4.85. The van der Waals surface area contributed by atoms with E-state index in [4.69, 9.17) is 4.74 Å². The van der Waals surface area contributed by atoms with Gasteiger partial charge in [-0.1, -0.05) is 24.3 Å². The summed E-state index contributed by atoms with van der Waals surface area (Å²) in [6.45, 7) is 4.20. The molecule has 0 saturated heterocycles. The van der Waals surface area contributed by atoms with E-state index in [-0.39, 0.29) is 30.5 Å². The van der Waals surface area contributed by atoms with Crippen LogP contribution in [0.3, 0.4) is 0 Å². The van der Waals surface area contributed by atoms with Gasteiger partial charge in [-0.15, -0.1) is 0 Å². The molecule has 170 valence electrons. The molecular formula is C26H26FN3O3. The summed E-state index contributed by atoms with van der Waals surface area (Å²) >= 11 is 0. The van der Waals surface area contributed by atoms with Crippen molar-refractivity contribution in [3.8, 4) is 5.75 Å². The molecule has 0 aromatic heterocycles. The van der Waals surface area contributed by atoms with E-state index >= 15 is 0 Å². The Bertz CT molecular complexity index is 1130. The van der Waals surface area contributed by atoms with E-state index in [1.165, 1.54) is 18.3 Å². The van der Waals surface area contributed by atoms with Gasteiger partial charge in [0.2, 0.25) is 11.8 Å². The maximum Gasteiger partial charge on any atom is 0.240 e. The molecule has 33 heavy (non-hydrogen) atoms. The summed E-state index contributed by atoms with van der Waals surface area (Å²) in [7, 11) is 0. The number of carbonyl (C=O) groups excluding carboxylic acids is 2. The molecule has 3 rings (SSSR count). The number of rotatable bonds is 9. The Morgan fingerprint density at radius 1 is 0.939 bits per heavy atom. The zero-order valence-electron chi connectivity index (χ0n) is 18.6. The third-order valence-corrected chi connectivity index (χ3v) is 4.85. The average molecular weight is 448 g/mol. The van der Waals surface area contributed by atoms with Gasteiger partial charge in [0, 0.05) is 18.5 Å². The van der Waals surface area contributed by atoms with Crippen molar-refractivity contribution in [2.24, 2.45) is 5.10 Å². The number of aryl methyl sites for hydroxylation is 2. The predicted octanol–water partition coefficient (Wildman–Crippen LogP) is 4.89. The molecular weight excluding hydrogens is 421 g/mol. The van der Waals surface area contributed by atoms with Crippen LogP contribution in [0.1, 0.15) is 35.1 Å². The zero-order valence-corrected chi connectivity index (χ0v) is 18.6. The van der Waals surface area contributed by atoms with Crippen LogP contribution in [0.5, 0.6) is 5.75 Å². The second kappa shape index (κ2) is 11.6. The molecule has 0 heterocycles. The second-order valence-corrected chi connectivity index (χ2v) is 7.64. The minimum atomic E-state index is -0.346. The van der Waals surface area contributed by atoms with Gasteiger partial charge in [-0.05, 0) is 78.6 Å². The number of halogens is 1. The number of benzene rings is 3. The molecule has 0 unspecified atom stereocenters. The summed E-state index contributed by atoms with van der Waals surface area (Å²) in [6, 6.07) is 19.1. The molecule has 0 aliphatic carbocycles. The van der Waals surface area contributed by atoms with Crippen LogP contribution in [0, 0.1) is 19.7 Å². The normalized spacial score (nSPS) is 10.8. The highest BCUT2D eigenvalue weighted by Crippen LogP contribution is 2.17. The van der Waals surface area contributed by atoms with Crippen LogP contribution in [0.25, 0.3) is 0 Å². The molecule has 7 heteroatoms. The molecule has 2 amide bonds. The summed E-state index contributed by atoms with van der Waals surface area (Å²) < 4.78 is 18.6. The summed E-state index contributed by atoms with van der Waals surface area (Å²) in [4.78, 5) is 24.1. The number of nitrogens with zero attached hydrogens (tertiary/aromatic N) is 1. The van der Waals surface area contributed by atoms with Crippen molar-refractivity contribution in [2.75, 3.05) is 5.32 Å². The first-order valence-corrected chi connectivity index (χ1v) is 10.6. The van der Waals surface area contributed by atoms with Crippen LogP contribution in [0.15, 0.2) is 71.8 Å². The third kappa shape index (κ3) is 7.88. The Balaban J connectivity index is 1.39. The number of hydrogen-bond acceptors (Lipinski definition) is 4. The molecule has 0 aliphatic rings. The number of nitrogens with one attached hydrogen (secondary N) is 2. The lowest BCUT2D eigenvalue weighted by atomic mass is 10.1. The lowest BCUT2D eigenvalue weighted by molar-refractivity contribution is -0.124. The van der Waals surface area contributed by atoms with Crippen LogP contribution in [-0.4, -0.2) is 18.0 Å². The van der Waals surface area contributed by atoms with Gasteiger partial charge in [0.25, 0.3) is 0 Å². The largest absolute Gasteiger partial charge is 0.489 e. The summed E-state index contributed by atoms with van der Waals surface area (Å²) in [5.74, 6) is -0.189. The topological polar surface area (TPSA) is 79.8 Å². The fourth-order valence-corrected chi connectivity index (χ4v) is 2.94.